The first-order chi connectivity index (χ1) is 13.1. The lowest BCUT2D eigenvalue weighted by Crippen LogP contribution is -2.59. The molecule has 1 aliphatic carbocycles. The van der Waals surface area contributed by atoms with E-state index in [-0.39, 0.29) is 22.6 Å². The van der Waals surface area contributed by atoms with Crippen molar-refractivity contribution in [2.45, 2.75) is 38.0 Å². The van der Waals surface area contributed by atoms with Crippen LogP contribution in [0.3, 0.4) is 0 Å². The Morgan fingerprint density at radius 3 is 2.50 bits per heavy atom. The van der Waals surface area contributed by atoms with Gasteiger partial charge in [0.05, 0.1) is 5.56 Å². The minimum Gasteiger partial charge on any atom is -0.454 e. The number of carbonyl (C=O) groups is 3. The average Bonchev–Trinajstić information content (AvgIpc) is 2.98. The third-order valence-corrected chi connectivity index (χ3v) is 5.47. The van der Waals surface area contributed by atoms with Gasteiger partial charge in [-0.05, 0) is 23.6 Å². The number of aliphatic hydroxyl groups is 1. The summed E-state index contributed by atoms with van der Waals surface area (Å²) in [5, 5.41) is 14.2. The van der Waals surface area contributed by atoms with Gasteiger partial charge in [-0.1, -0.05) is 38.1 Å². The number of benzene rings is 2. The van der Waals surface area contributed by atoms with Crippen molar-refractivity contribution >= 4 is 17.6 Å². The molecule has 0 fully saturated rings. The minimum atomic E-state index is -2.19. The summed E-state index contributed by atoms with van der Waals surface area (Å²) in [5.41, 5.74) is 4.87. The fraction of sp³-hybridized carbons (Fsp3) is 0.286. The summed E-state index contributed by atoms with van der Waals surface area (Å²) in [5.74, 6) is -3.64. The fourth-order valence-electron chi connectivity index (χ4n) is 4.19. The number of rotatable bonds is 3. The van der Waals surface area contributed by atoms with Crippen molar-refractivity contribution in [2.75, 3.05) is 0 Å². The minimum absolute atomic E-state index is 0.0287. The lowest BCUT2D eigenvalue weighted by atomic mass is 9.82. The number of carbonyl (C=O) groups excluding carboxylic acids is 3. The van der Waals surface area contributed by atoms with Crippen molar-refractivity contribution in [2.24, 2.45) is 5.73 Å². The van der Waals surface area contributed by atoms with E-state index in [1.807, 2.05) is 19.9 Å². The molecule has 0 saturated carbocycles. The number of ether oxygens (including phenoxy) is 1. The van der Waals surface area contributed by atoms with Crippen LogP contribution in [-0.4, -0.2) is 22.7 Å². The van der Waals surface area contributed by atoms with E-state index in [0.717, 1.165) is 5.56 Å². The van der Waals surface area contributed by atoms with E-state index in [1.165, 1.54) is 25.1 Å². The van der Waals surface area contributed by atoms with Crippen LogP contribution in [0.15, 0.2) is 36.4 Å². The van der Waals surface area contributed by atoms with Gasteiger partial charge in [-0.15, -0.1) is 0 Å². The van der Waals surface area contributed by atoms with E-state index in [4.69, 9.17) is 10.5 Å². The molecule has 28 heavy (non-hydrogen) atoms. The highest BCUT2D eigenvalue weighted by molar-refractivity contribution is 6.17. The van der Waals surface area contributed by atoms with Crippen LogP contribution in [0.1, 0.15) is 64.1 Å². The average molecular weight is 380 g/mol. The van der Waals surface area contributed by atoms with Crippen LogP contribution < -0.4 is 15.8 Å². The van der Waals surface area contributed by atoms with Gasteiger partial charge in [0.25, 0.3) is 5.79 Å². The second kappa shape index (κ2) is 5.65. The van der Waals surface area contributed by atoms with Gasteiger partial charge in [0.1, 0.15) is 5.75 Å². The molecule has 2 unspecified atom stereocenters. The van der Waals surface area contributed by atoms with Crippen LogP contribution in [0.2, 0.25) is 0 Å². The van der Waals surface area contributed by atoms with Gasteiger partial charge in [0.2, 0.25) is 23.1 Å². The first kappa shape index (κ1) is 18.2. The summed E-state index contributed by atoms with van der Waals surface area (Å²) < 4.78 is 5.91. The molecule has 0 spiro atoms. The van der Waals surface area contributed by atoms with Crippen LogP contribution >= 0.6 is 0 Å². The SMILES string of the molecule is CC(=O)NC12C(=O)c3c(C(N)=O)cccc3C1(O)Oc1cc(C(C)C)ccc12. The molecule has 4 N–H and O–H groups in total. The van der Waals surface area contributed by atoms with Crippen LogP contribution in [0.5, 0.6) is 5.75 Å². The first-order valence-electron chi connectivity index (χ1n) is 8.96. The second-order valence-electron chi connectivity index (χ2n) is 7.51. The van der Waals surface area contributed by atoms with Gasteiger partial charge in [0.15, 0.2) is 0 Å². The van der Waals surface area contributed by atoms with Crippen molar-refractivity contribution in [3.8, 4) is 5.75 Å². The third kappa shape index (κ3) is 2.05. The van der Waals surface area contributed by atoms with Crippen LogP contribution in [0.4, 0.5) is 0 Å². The lowest BCUT2D eigenvalue weighted by Gasteiger charge is -2.34. The first-order valence-corrected chi connectivity index (χ1v) is 8.96. The predicted octanol–water partition coefficient (Wildman–Crippen LogP) is 1.67. The molecule has 7 heteroatoms. The number of primary amides is 1. The number of amides is 2. The maximum atomic E-state index is 13.6. The molecule has 7 nitrogen and oxygen atoms in total. The van der Waals surface area contributed by atoms with Crippen molar-refractivity contribution < 1.29 is 24.2 Å². The summed E-state index contributed by atoms with van der Waals surface area (Å²) in [6, 6.07) is 9.68. The summed E-state index contributed by atoms with van der Waals surface area (Å²) in [6.07, 6.45) is 0. The van der Waals surface area contributed by atoms with E-state index in [9.17, 15) is 19.5 Å². The summed E-state index contributed by atoms with van der Waals surface area (Å²) in [6.45, 7) is 5.27. The number of nitrogens with one attached hydrogen (secondary N) is 1. The van der Waals surface area contributed by atoms with Crippen molar-refractivity contribution in [1.29, 1.82) is 0 Å². The number of hydrogen-bond donors (Lipinski definition) is 3. The molecular weight excluding hydrogens is 360 g/mol. The van der Waals surface area contributed by atoms with E-state index >= 15 is 0 Å². The predicted molar refractivity (Wildman–Crippen MR) is 99.8 cm³/mol. The molecule has 1 aliphatic heterocycles. The largest absolute Gasteiger partial charge is 0.454 e. The maximum absolute atomic E-state index is 13.6. The Labute approximate surface area is 161 Å². The van der Waals surface area contributed by atoms with Crippen molar-refractivity contribution in [3.05, 3.63) is 64.2 Å². The molecule has 2 aromatic rings. The Bertz CT molecular complexity index is 1060. The molecular formula is C21H20N2O5. The van der Waals surface area contributed by atoms with Gasteiger partial charge < -0.3 is 20.9 Å². The Hall–Kier alpha value is -3.19. The highest BCUT2D eigenvalue weighted by Crippen LogP contribution is 2.58. The highest BCUT2D eigenvalue weighted by atomic mass is 16.6. The van der Waals surface area contributed by atoms with E-state index in [1.54, 1.807) is 12.1 Å². The van der Waals surface area contributed by atoms with Gasteiger partial charge in [-0.3, -0.25) is 14.4 Å². The molecule has 0 bridgehead atoms. The van der Waals surface area contributed by atoms with E-state index in [0.29, 0.717) is 11.3 Å². The van der Waals surface area contributed by atoms with E-state index in [2.05, 4.69) is 5.32 Å². The number of ketones is 1. The van der Waals surface area contributed by atoms with E-state index < -0.39 is 28.9 Å². The monoisotopic (exact) mass is 380 g/mol. The molecule has 144 valence electrons. The number of fused-ring (bicyclic) bond motifs is 5. The summed E-state index contributed by atoms with van der Waals surface area (Å²) >= 11 is 0. The second-order valence-corrected chi connectivity index (χ2v) is 7.51. The van der Waals surface area contributed by atoms with Crippen LogP contribution in [0, 0.1) is 0 Å². The van der Waals surface area contributed by atoms with Crippen molar-refractivity contribution in [1.82, 2.24) is 5.32 Å². The fourth-order valence-corrected chi connectivity index (χ4v) is 4.19. The molecule has 2 amide bonds. The number of hydrogen-bond acceptors (Lipinski definition) is 5. The van der Waals surface area contributed by atoms with Gasteiger partial charge in [0, 0.05) is 23.6 Å². The van der Waals surface area contributed by atoms with Crippen molar-refractivity contribution in [3.63, 3.8) is 0 Å². The summed E-state index contributed by atoms with van der Waals surface area (Å²) in [4.78, 5) is 37.5. The molecule has 2 atom stereocenters. The smallest absolute Gasteiger partial charge is 0.271 e. The zero-order valence-electron chi connectivity index (χ0n) is 15.7. The Kier molecular flexibility index (Phi) is 3.67. The molecule has 2 aromatic carbocycles. The Morgan fingerprint density at radius 2 is 1.89 bits per heavy atom. The molecule has 0 radical (unpaired) electrons. The summed E-state index contributed by atoms with van der Waals surface area (Å²) in [7, 11) is 0. The quantitative estimate of drug-likeness (QED) is 0.748. The molecule has 0 saturated heterocycles. The highest BCUT2D eigenvalue weighted by Gasteiger charge is 2.72. The zero-order chi connectivity index (χ0) is 20.4. The van der Waals surface area contributed by atoms with Gasteiger partial charge >= 0.3 is 0 Å². The standard InChI is InChI=1S/C21H20N2O5/c1-10(2)12-7-8-14-16(9-12)28-21(27)15-6-4-5-13(19(22)26)17(15)18(25)20(14,21)23-11(3)24/h4-10,27H,1-3H3,(H2,22,26)(H,23,24). The molecule has 4 rings (SSSR count). The third-order valence-electron chi connectivity index (χ3n) is 5.47. The molecule has 2 aliphatic rings. The lowest BCUT2D eigenvalue weighted by molar-refractivity contribution is -0.175. The normalized spacial score (nSPS) is 24.4. The molecule has 0 aromatic heterocycles. The van der Waals surface area contributed by atoms with Gasteiger partial charge in [-0.2, -0.15) is 0 Å². The topological polar surface area (TPSA) is 119 Å². The number of Topliss-reactive ketones (excluding diaryl/α,β-unsaturated/α-hetero) is 1. The van der Waals surface area contributed by atoms with Crippen LogP contribution in [0.25, 0.3) is 0 Å². The Morgan fingerprint density at radius 1 is 1.18 bits per heavy atom. The Balaban J connectivity index is 2.04. The molecule has 1 heterocycles. The van der Waals surface area contributed by atoms with Gasteiger partial charge in [-0.25, -0.2) is 0 Å². The zero-order valence-corrected chi connectivity index (χ0v) is 15.7. The maximum Gasteiger partial charge on any atom is 0.271 e. The number of nitrogens with two attached hydrogens (primary N) is 1. The van der Waals surface area contributed by atoms with Crippen LogP contribution in [-0.2, 0) is 16.1 Å².